The maximum atomic E-state index is 12.1. The first kappa shape index (κ1) is 19.2. The Kier molecular flexibility index (Phi) is 6.42. The number of carbonyl (C=O) groups excluding carboxylic acids is 1. The van der Waals surface area contributed by atoms with E-state index in [0.29, 0.717) is 19.0 Å². The average Bonchev–Trinajstić information content (AvgIpc) is 2.58. The first-order valence-corrected chi connectivity index (χ1v) is 8.87. The van der Waals surface area contributed by atoms with Crippen LogP contribution in [0.25, 0.3) is 0 Å². The fraction of sp³-hybridized carbons (Fsp3) is 0.579. The van der Waals surface area contributed by atoms with Gasteiger partial charge in [0.1, 0.15) is 0 Å². The highest BCUT2D eigenvalue weighted by atomic mass is 16.4. The summed E-state index contributed by atoms with van der Waals surface area (Å²) in [6, 6.07) is 6.29. The van der Waals surface area contributed by atoms with Gasteiger partial charge in [0, 0.05) is 25.2 Å². The van der Waals surface area contributed by atoms with Crippen LogP contribution in [0.3, 0.4) is 0 Å². The smallest absolute Gasteiger partial charge is 0.335 e. The molecule has 3 N–H and O–H groups in total. The molecule has 1 fully saturated rings. The van der Waals surface area contributed by atoms with E-state index in [4.69, 9.17) is 5.11 Å². The summed E-state index contributed by atoms with van der Waals surface area (Å²) in [6.45, 7) is 9.71. The lowest BCUT2D eigenvalue weighted by Gasteiger charge is -2.43. The van der Waals surface area contributed by atoms with Crippen LogP contribution in [-0.2, 0) is 6.54 Å². The molecule has 0 spiro atoms. The predicted octanol–water partition coefficient (Wildman–Crippen LogP) is 2.69. The van der Waals surface area contributed by atoms with E-state index in [1.54, 1.807) is 12.1 Å². The molecule has 1 saturated heterocycles. The summed E-state index contributed by atoms with van der Waals surface area (Å²) in [7, 11) is 0. The largest absolute Gasteiger partial charge is 0.478 e. The van der Waals surface area contributed by atoms with Gasteiger partial charge in [-0.25, -0.2) is 9.59 Å². The van der Waals surface area contributed by atoms with E-state index in [0.717, 1.165) is 18.7 Å². The zero-order chi connectivity index (χ0) is 18.4. The summed E-state index contributed by atoms with van der Waals surface area (Å²) < 4.78 is 0. The van der Waals surface area contributed by atoms with Crippen molar-refractivity contribution in [2.75, 3.05) is 19.6 Å². The highest BCUT2D eigenvalue weighted by molar-refractivity contribution is 5.87. The monoisotopic (exact) mass is 347 g/mol. The number of piperidine rings is 1. The van der Waals surface area contributed by atoms with E-state index in [-0.39, 0.29) is 17.1 Å². The van der Waals surface area contributed by atoms with Crippen molar-refractivity contribution in [2.24, 2.45) is 5.92 Å². The van der Waals surface area contributed by atoms with Crippen molar-refractivity contribution in [3.63, 3.8) is 0 Å². The fourth-order valence-electron chi connectivity index (χ4n) is 3.16. The van der Waals surface area contributed by atoms with Gasteiger partial charge in [0.15, 0.2) is 0 Å². The number of hydrogen-bond acceptors (Lipinski definition) is 3. The van der Waals surface area contributed by atoms with Crippen LogP contribution in [0.15, 0.2) is 24.3 Å². The molecule has 0 saturated carbocycles. The van der Waals surface area contributed by atoms with Gasteiger partial charge in [0.2, 0.25) is 0 Å². The number of amides is 2. The molecule has 1 heterocycles. The Bertz CT molecular complexity index is 598. The van der Waals surface area contributed by atoms with E-state index in [1.807, 2.05) is 0 Å². The van der Waals surface area contributed by atoms with Crippen LogP contribution >= 0.6 is 0 Å². The molecule has 1 aliphatic heterocycles. The third-order valence-electron chi connectivity index (χ3n) is 4.85. The van der Waals surface area contributed by atoms with E-state index >= 15 is 0 Å². The zero-order valence-electron chi connectivity index (χ0n) is 15.3. The van der Waals surface area contributed by atoms with Crippen molar-refractivity contribution in [2.45, 2.75) is 45.7 Å². The normalized spacial score (nSPS) is 18.6. The van der Waals surface area contributed by atoms with Gasteiger partial charge >= 0.3 is 12.0 Å². The molecule has 0 radical (unpaired) electrons. The number of nitrogens with one attached hydrogen (secondary N) is 2. The SMILES string of the molecule is CC1CCCN(C(C)(C)CNC(=O)NCc2ccc(C(=O)O)cc2)C1. The van der Waals surface area contributed by atoms with Gasteiger partial charge in [-0.2, -0.15) is 0 Å². The first-order valence-electron chi connectivity index (χ1n) is 8.87. The van der Waals surface area contributed by atoms with Crippen molar-refractivity contribution in [1.82, 2.24) is 15.5 Å². The summed E-state index contributed by atoms with van der Waals surface area (Å²) in [5.74, 6) is -0.248. The first-order chi connectivity index (χ1) is 11.8. The summed E-state index contributed by atoms with van der Waals surface area (Å²) in [6.07, 6.45) is 2.49. The average molecular weight is 347 g/mol. The van der Waals surface area contributed by atoms with Crippen LogP contribution < -0.4 is 10.6 Å². The molecule has 25 heavy (non-hydrogen) atoms. The maximum absolute atomic E-state index is 12.1. The zero-order valence-corrected chi connectivity index (χ0v) is 15.3. The number of carbonyl (C=O) groups is 2. The molecular weight excluding hydrogens is 318 g/mol. The van der Waals surface area contributed by atoms with Crippen LogP contribution in [0.1, 0.15) is 49.5 Å². The lowest BCUT2D eigenvalue weighted by Crippen LogP contribution is -2.55. The number of carboxylic acid groups (broad SMARTS) is 1. The minimum Gasteiger partial charge on any atom is -0.478 e. The Labute approximate surface area is 149 Å². The molecular formula is C19H29N3O3. The second-order valence-corrected chi connectivity index (χ2v) is 7.54. The van der Waals surface area contributed by atoms with Gasteiger partial charge in [-0.1, -0.05) is 19.1 Å². The minimum absolute atomic E-state index is 0.0743. The van der Waals surface area contributed by atoms with Gasteiger partial charge in [0.25, 0.3) is 0 Å². The van der Waals surface area contributed by atoms with E-state index < -0.39 is 5.97 Å². The van der Waals surface area contributed by atoms with Gasteiger partial charge in [-0.15, -0.1) is 0 Å². The van der Waals surface area contributed by atoms with Crippen molar-refractivity contribution >= 4 is 12.0 Å². The Hall–Kier alpha value is -2.08. The topological polar surface area (TPSA) is 81.7 Å². The van der Waals surface area contributed by atoms with E-state index in [1.165, 1.54) is 25.0 Å². The number of urea groups is 1. The van der Waals surface area contributed by atoms with Crippen LogP contribution in [0, 0.1) is 5.92 Å². The molecule has 1 aromatic rings. The summed E-state index contributed by atoms with van der Waals surface area (Å²) in [5.41, 5.74) is 1.03. The standard InChI is InChI=1S/C19H29N3O3/c1-14-5-4-10-22(12-14)19(2,3)13-21-18(25)20-11-15-6-8-16(9-7-15)17(23)24/h6-9,14H,4-5,10-13H2,1-3H3,(H,23,24)(H2,20,21,25). The number of aromatic carboxylic acids is 1. The molecule has 1 unspecified atom stereocenters. The number of hydrogen-bond donors (Lipinski definition) is 3. The number of rotatable bonds is 6. The van der Waals surface area contributed by atoms with Gasteiger partial charge < -0.3 is 15.7 Å². The highest BCUT2D eigenvalue weighted by Crippen LogP contribution is 2.23. The summed E-state index contributed by atoms with van der Waals surface area (Å²) in [4.78, 5) is 25.3. The number of carboxylic acids is 1. The Morgan fingerprint density at radius 3 is 2.52 bits per heavy atom. The van der Waals surface area contributed by atoms with Crippen molar-refractivity contribution in [3.8, 4) is 0 Å². The Morgan fingerprint density at radius 2 is 1.92 bits per heavy atom. The third kappa shape index (κ3) is 5.74. The highest BCUT2D eigenvalue weighted by Gasteiger charge is 2.30. The van der Waals surface area contributed by atoms with Crippen molar-refractivity contribution in [3.05, 3.63) is 35.4 Å². The second kappa shape index (κ2) is 8.34. The quantitative estimate of drug-likeness (QED) is 0.739. The second-order valence-electron chi connectivity index (χ2n) is 7.54. The summed E-state index contributed by atoms with van der Waals surface area (Å²) >= 11 is 0. The predicted molar refractivity (Wildman–Crippen MR) is 97.7 cm³/mol. The molecule has 0 aliphatic carbocycles. The minimum atomic E-state index is -0.952. The Balaban J connectivity index is 1.77. The van der Waals surface area contributed by atoms with E-state index in [9.17, 15) is 9.59 Å². The fourth-order valence-corrected chi connectivity index (χ4v) is 3.16. The van der Waals surface area contributed by atoms with Crippen LogP contribution in [-0.4, -0.2) is 47.2 Å². The Morgan fingerprint density at radius 1 is 1.24 bits per heavy atom. The molecule has 0 aromatic heterocycles. The summed E-state index contributed by atoms with van der Waals surface area (Å²) in [5, 5.41) is 14.6. The molecule has 6 heteroatoms. The molecule has 0 bridgehead atoms. The molecule has 1 atom stereocenters. The molecule has 6 nitrogen and oxygen atoms in total. The van der Waals surface area contributed by atoms with Crippen molar-refractivity contribution in [1.29, 1.82) is 0 Å². The number of nitrogens with zero attached hydrogens (tertiary/aromatic N) is 1. The molecule has 2 rings (SSSR count). The van der Waals surface area contributed by atoms with Gasteiger partial charge in [0.05, 0.1) is 5.56 Å². The van der Waals surface area contributed by atoms with Gasteiger partial charge in [-0.05, 0) is 56.8 Å². The lowest BCUT2D eigenvalue weighted by atomic mass is 9.93. The molecule has 1 aromatic carbocycles. The molecule has 2 amide bonds. The third-order valence-corrected chi connectivity index (χ3v) is 4.85. The lowest BCUT2D eigenvalue weighted by molar-refractivity contribution is 0.0697. The van der Waals surface area contributed by atoms with Gasteiger partial charge in [-0.3, -0.25) is 4.90 Å². The molecule has 1 aliphatic rings. The molecule has 138 valence electrons. The number of likely N-dealkylation sites (tertiary alicyclic amines) is 1. The van der Waals surface area contributed by atoms with Crippen molar-refractivity contribution < 1.29 is 14.7 Å². The van der Waals surface area contributed by atoms with Crippen LogP contribution in [0.5, 0.6) is 0 Å². The van der Waals surface area contributed by atoms with Crippen LogP contribution in [0.2, 0.25) is 0 Å². The maximum Gasteiger partial charge on any atom is 0.335 e. The number of benzene rings is 1. The van der Waals surface area contributed by atoms with E-state index in [2.05, 4.69) is 36.3 Å². The van der Waals surface area contributed by atoms with Crippen LogP contribution in [0.4, 0.5) is 4.79 Å².